The van der Waals surface area contributed by atoms with Crippen LogP contribution >= 0.6 is 7.82 Å². The number of esters is 2. The molecule has 394 valence electrons. The molecule has 0 amide bonds. The maximum atomic E-state index is 12.8. The molecule has 0 rings (SSSR count). The van der Waals surface area contributed by atoms with Crippen molar-refractivity contribution in [3.63, 3.8) is 0 Å². The van der Waals surface area contributed by atoms with E-state index < -0.39 is 32.5 Å². The molecule has 0 saturated carbocycles. The lowest BCUT2D eigenvalue weighted by molar-refractivity contribution is -0.870. The van der Waals surface area contributed by atoms with Crippen molar-refractivity contribution < 1.29 is 42.1 Å². The second-order valence-corrected chi connectivity index (χ2v) is 19.6. The van der Waals surface area contributed by atoms with Gasteiger partial charge < -0.3 is 18.9 Å². The largest absolute Gasteiger partial charge is 0.472 e. The van der Waals surface area contributed by atoms with Gasteiger partial charge in [-0.05, 0) is 109 Å². The average Bonchev–Trinajstić information content (AvgIpc) is 3.32. The van der Waals surface area contributed by atoms with Crippen molar-refractivity contribution in [2.24, 2.45) is 0 Å². The monoisotopic (exact) mass is 991 g/mol. The Morgan fingerprint density at radius 3 is 1.19 bits per heavy atom. The number of hydrogen-bond acceptors (Lipinski definition) is 7. The van der Waals surface area contributed by atoms with Crippen LogP contribution in [0.2, 0.25) is 0 Å². The summed E-state index contributed by atoms with van der Waals surface area (Å²) in [6, 6.07) is 0. The van der Waals surface area contributed by atoms with Crippen molar-refractivity contribution >= 4 is 19.8 Å². The molecule has 70 heavy (non-hydrogen) atoms. The summed E-state index contributed by atoms with van der Waals surface area (Å²) in [5.74, 6) is -0.894. The van der Waals surface area contributed by atoms with Crippen LogP contribution < -0.4 is 0 Å². The average molecular weight is 991 g/mol. The van der Waals surface area contributed by atoms with E-state index in [-0.39, 0.29) is 26.1 Å². The number of phosphoric ester groups is 1. The summed E-state index contributed by atoms with van der Waals surface area (Å²) in [5.41, 5.74) is 0. The molecule has 0 aromatic rings. The minimum Gasteiger partial charge on any atom is -0.462 e. The summed E-state index contributed by atoms with van der Waals surface area (Å²) in [6.07, 6.45) is 73.4. The lowest BCUT2D eigenvalue weighted by Gasteiger charge is -2.24. The summed E-state index contributed by atoms with van der Waals surface area (Å²) < 4.78 is 34.4. The van der Waals surface area contributed by atoms with Crippen LogP contribution in [-0.2, 0) is 32.7 Å². The van der Waals surface area contributed by atoms with E-state index in [1.165, 1.54) is 12.8 Å². The van der Waals surface area contributed by atoms with E-state index in [0.29, 0.717) is 23.9 Å². The summed E-state index contributed by atoms with van der Waals surface area (Å²) >= 11 is 0. The van der Waals surface area contributed by atoms with Gasteiger partial charge in [-0.15, -0.1) is 0 Å². The van der Waals surface area contributed by atoms with Gasteiger partial charge in [0.25, 0.3) is 0 Å². The highest BCUT2D eigenvalue weighted by Crippen LogP contribution is 2.43. The van der Waals surface area contributed by atoms with E-state index in [4.69, 9.17) is 18.5 Å². The van der Waals surface area contributed by atoms with Crippen molar-refractivity contribution in [1.29, 1.82) is 0 Å². The number of phosphoric acid groups is 1. The highest BCUT2D eigenvalue weighted by atomic mass is 31.2. The Bertz CT molecular complexity index is 1690. The molecule has 0 saturated heterocycles. The Hall–Kier alpha value is -4.11. The van der Waals surface area contributed by atoms with Crippen molar-refractivity contribution in [3.8, 4) is 0 Å². The zero-order valence-electron chi connectivity index (χ0n) is 44.4. The normalized spacial score (nSPS) is 14.5. The van der Waals surface area contributed by atoms with Gasteiger partial charge in [0.2, 0.25) is 0 Å². The van der Waals surface area contributed by atoms with Crippen LogP contribution in [0.4, 0.5) is 0 Å². The first-order valence-electron chi connectivity index (χ1n) is 26.6. The first kappa shape index (κ1) is 65.9. The van der Waals surface area contributed by atoms with Crippen molar-refractivity contribution in [2.75, 3.05) is 47.5 Å². The number of quaternary nitrogens is 1. The molecular formula is C60H97NO8P+. The van der Waals surface area contributed by atoms with Gasteiger partial charge in [-0.2, -0.15) is 0 Å². The topological polar surface area (TPSA) is 108 Å². The quantitative estimate of drug-likeness (QED) is 0.0211. The molecule has 0 heterocycles. The van der Waals surface area contributed by atoms with E-state index in [1.54, 1.807) is 0 Å². The predicted molar refractivity (Wildman–Crippen MR) is 297 cm³/mol. The first-order valence-corrected chi connectivity index (χ1v) is 28.1. The number of nitrogens with zero attached hydrogens (tertiary/aromatic N) is 1. The number of carbonyl (C=O) groups excluding carboxylic acids is 2. The summed E-state index contributed by atoms with van der Waals surface area (Å²) in [6.45, 7) is 4.09. The highest BCUT2D eigenvalue weighted by Gasteiger charge is 2.27. The Balaban J connectivity index is 4.34. The van der Waals surface area contributed by atoms with E-state index in [2.05, 4.69) is 160 Å². The molecule has 0 spiro atoms. The second-order valence-electron chi connectivity index (χ2n) is 18.1. The van der Waals surface area contributed by atoms with Gasteiger partial charge in [0.1, 0.15) is 19.8 Å². The Labute approximate surface area is 427 Å². The molecule has 0 aliphatic carbocycles. The van der Waals surface area contributed by atoms with Crippen LogP contribution in [-0.4, -0.2) is 74.9 Å². The fraction of sp³-hybridized carbons (Fsp3) is 0.567. The maximum absolute atomic E-state index is 12.8. The number of rotatable bonds is 46. The summed E-state index contributed by atoms with van der Waals surface area (Å²) in [4.78, 5) is 35.6. The molecule has 0 aromatic carbocycles. The minimum absolute atomic E-state index is 0.0113. The lowest BCUT2D eigenvalue weighted by atomic mass is 10.1. The second kappa shape index (κ2) is 49.9. The van der Waals surface area contributed by atoms with Gasteiger partial charge in [-0.25, -0.2) is 4.57 Å². The smallest absolute Gasteiger partial charge is 0.462 e. The van der Waals surface area contributed by atoms with Crippen LogP contribution in [0.3, 0.4) is 0 Å². The van der Waals surface area contributed by atoms with E-state index in [0.717, 1.165) is 116 Å². The van der Waals surface area contributed by atoms with Crippen LogP contribution in [0, 0.1) is 0 Å². The van der Waals surface area contributed by atoms with Gasteiger partial charge in [-0.3, -0.25) is 18.6 Å². The molecule has 0 fully saturated rings. The van der Waals surface area contributed by atoms with Gasteiger partial charge in [0.15, 0.2) is 6.10 Å². The third-order valence-corrected chi connectivity index (χ3v) is 11.3. The third kappa shape index (κ3) is 53.2. The Morgan fingerprint density at radius 1 is 0.443 bits per heavy atom. The fourth-order valence-corrected chi connectivity index (χ4v) is 7.06. The minimum atomic E-state index is -4.41. The highest BCUT2D eigenvalue weighted by molar-refractivity contribution is 7.47. The number of carbonyl (C=O) groups is 2. The molecule has 0 aliphatic rings. The number of allylic oxidation sites excluding steroid dienone is 24. The lowest BCUT2D eigenvalue weighted by Crippen LogP contribution is -2.37. The standard InChI is InChI=1S/C60H96NO8P/c1-6-8-10-12-14-16-18-20-22-24-25-26-27-28-29-30-31-32-33-34-35-37-39-41-43-45-47-49-51-53-60(63)69-58(57-68-70(64,65)67-55-54-61(3,4)5)56-66-59(62)52-50-48-46-44-42-40-38-36-23-21-19-17-15-13-11-9-7-2/h8-11,14-17,20-23,25-26,28-29,31-32,34-35,38,40,44,46,58H,6-7,12-13,18-19,24,27,30,33,36-37,39,41-43,45,47-57H2,1-5H3/p+1/b10-8-,11-9-,16-14-,17-15-,22-20-,23-21-,26-25-,29-28-,32-31-,35-34-,40-38-,46-44-. The van der Waals surface area contributed by atoms with Gasteiger partial charge in [0.05, 0.1) is 27.7 Å². The number of ether oxygens (including phenoxy) is 2. The SMILES string of the molecule is CC/C=C\C/C=C\C/C=C\C/C=C\C/C=C\C/C=C\C/C=C\CCCCCCCCCC(=O)OC(COC(=O)CCC/C=C\C/C=C\C/C=C\C/C=C\C/C=C\CC)COP(=O)(O)OCC[N+](C)(C)C. The molecule has 2 unspecified atom stereocenters. The van der Waals surface area contributed by atoms with Crippen LogP contribution in [0.5, 0.6) is 0 Å². The van der Waals surface area contributed by atoms with Crippen molar-refractivity contribution in [2.45, 2.75) is 174 Å². The molecular weight excluding hydrogens is 894 g/mol. The molecule has 10 heteroatoms. The Morgan fingerprint density at radius 2 is 0.786 bits per heavy atom. The number of likely N-dealkylation sites (N-methyl/N-ethyl adjacent to an activating group) is 1. The molecule has 0 radical (unpaired) electrons. The van der Waals surface area contributed by atoms with E-state index >= 15 is 0 Å². The zero-order chi connectivity index (χ0) is 51.3. The number of unbranched alkanes of at least 4 members (excludes halogenated alkanes) is 8. The van der Waals surface area contributed by atoms with Crippen LogP contribution in [0.25, 0.3) is 0 Å². The number of hydrogen-bond donors (Lipinski definition) is 1. The molecule has 1 N–H and O–H groups in total. The molecule has 2 atom stereocenters. The fourth-order valence-electron chi connectivity index (χ4n) is 6.32. The Kier molecular flexibility index (Phi) is 46.9. The van der Waals surface area contributed by atoms with Crippen molar-refractivity contribution in [3.05, 3.63) is 146 Å². The van der Waals surface area contributed by atoms with Crippen molar-refractivity contribution in [1.82, 2.24) is 0 Å². The molecule has 9 nitrogen and oxygen atoms in total. The van der Waals surface area contributed by atoms with Gasteiger partial charge in [-0.1, -0.05) is 192 Å². The van der Waals surface area contributed by atoms with Gasteiger partial charge >= 0.3 is 19.8 Å². The van der Waals surface area contributed by atoms with Gasteiger partial charge in [0, 0.05) is 12.8 Å². The van der Waals surface area contributed by atoms with Crippen LogP contribution in [0.1, 0.15) is 168 Å². The molecule has 0 aromatic heterocycles. The summed E-state index contributed by atoms with van der Waals surface area (Å²) in [5, 5.41) is 0. The van der Waals surface area contributed by atoms with Crippen LogP contribution in [0.15, 0.2) is 146 Å². The molecule has 0 aliphatic heterocycles. The van der Waals surface area contributed by atoms with E-state index in [1.807, 2.05) is 21.1 Å². The molecule has 0 bridgehead atoms. The maximum Gasteiger partial charge on any atom is 0.472 e. The summed E-state index contributed by atoms with van der Waals surface area (Å²) in [7, 11) is 1.41. The third-order valence-electron chi connectivity index (χ3n) is 10.4. The first-order chi connectivity index (χ1) is 34.0. The predicted octanol–water partition coefficient (Wildman–Crippen LogP) is 16.4. The van der Waals surface area contributed by atoms with E-state index in [9.17, 15) is 19.0 Å². The zero-order valence-corrected chi connectivity index (χ0v) is 45.3.